The van der Waals surface area contributed by atoms with E-state index in [0.29, 0.717) is 13.1 Å². The van der Waals surface area contributed by atoms with Crippen LogP contribution in [-0.2, 0) is 6.54 Å². The highest BCUT2D eigenvalue weighted by molar-refractivity contribution is 5.71. The van der Waals surface area contributed by atoms with Crippen molar-refractivity contribution in [3.63, 3.8) is 0 Å². The van der Waals surface area contributed by atoms with Gasteiger partial charge in [0, 0.05) is 13.1 Å². The number of benzene rings is 1. The molecule has 0 spiro atoms. The highest BCUT2D eigenvalue weighted by Crippen LogP contribution is 1.97. The number of hydrazine groups is 1. The van der Waals surface area contributed by atoms with Gasteiger partial charge in [-0.3, -0.25) is 5.01 Å². The van der Waals surface area contributed by atoms with Crippen LogP contribution in [0.15, 0.2) is 30.3 Å². The van der Waals surface area contributed by atoms with Gasteiger partial charge >= 0.3 is 6.03 Å². The topological polar surface area (TPSA) is 58.4 Å². The Labute approximate surface area is 83.7 Å². The molecule has 1 aromatic rings. The molecule has 0 atom stereocenters. The van der Waals surface area contributed by atoms with Gasteiger partial charge in [0.25, 0.3) is 0 Å². The highest BCUT2D eigenvalue weighted by atomic mass is 16.2. The third-order valence-electron chi connectivity index (χ3n) is 1.90. The lowest BCUT2D eigenvalue weighted by Crippen LogP contribution is -2.45. The van der Waals surface area contributed by atoms with Crippen molar-refractivity contribution in [2.45, 2.75) is 13.5 Å². The zero-order valence-corrected chi connectivity index (χ0v) is 8.23. The van der Waals surface area contributed by atoms with Gasteiger partial charge in [-0.2, -0.15) is 0 Å². The number of primary amides is 1. The summed E-state index contributed by atoms with van der Waals surface area (Å²) >= 11 is 0. The molecule has 3 N–H and O–H groups in total. The number of carbonyl (C=O) groups is 1. The second kappa shape index (κ2) is 5.24. The van der Waals surface area contributed by atoms with E-state index in [1.165, 1.54) is 5.01 Å². The number of rotatable bonds is 4. The standard InChI is InChI=1S/C10H15N3O/c1-2-13(10(11)14)12-8-9-6-4-3-5-7-9/h3-7,12H,2,8H2,1H3,(H2,11,14). The van der Waals surface area contributed by atoms with Crippen molar-refractivity contribution < 1.29 is 4.79 Å². The van der Waals surface area contributed by atoms with E-state index in [1.807, 2.05) is 37.3 Å². The Kier molecular flexibility index (Phi) is 3.94. The second-order valence-corrected chi connectivity index (χ2v) is 2.90. The number of nitrogens with one attached hydrogen (secondary N) is 1. The Balaban J connectivity index is 2.44. The van der Waals surface area contributed by atoms with E-state index in [2.05, 4.69) is 5.43 Å². The Hall–Kier alpha value is -1.55. The molecule has 0 aliphatic heterocycles. The predicted molar refractivity (Wildman–Crippen MR) is 55.2 cm³/mol. The highest BCUT2D eigenvalue weighted by Gasteiger charge is 2.04. The van der Waals surface area contributed by atoms with Gasteiger partial charge in [-0.1, -0.05) is 30.3 Å². The van der Waals surface area contributed by atoms with Gasteiger partial charge in [0.1, 0.15) is 0 Å². The fraction of sp³-hybridized carbons (Fsp3) is 0.300. The molecule has 76 valence electrons. The van der Waals surface area contributed by atoms with Gasteiger partial charge in [-0.25, -0.2) is 10.2 Å². The lowest BCUT2D eigenvalue weighted by atomic mass is 10.2. The van der Waals surface area contributed by atoms with Gasteiger partial charge in [0.15, 0.2) is 0 Å². The van der Waals surface area contributed by atoms with Crippen LogP contribution < -0.4 is 11.2 Å². The SMILES string of the molecule is CCN(NCc1ccccc1)C(N)=O. The first-order valence-corrected chi connectivity index (χ1v) is 4.58. The number of hydrogen-bond donors (Lipinski definition) is 2. The summed E-state index contributed by atoms with van der Waals surface area (Å²) in [7, 11) is 0. The molecule has 0 unspecified atom stereocenters. The summed E-state index contributed by atoms with van der Waals surface area (Å²) in [4.78, 5) is 10.8. The van der Waals surface area contributed by atoms with E-state index < -0.39 is 6.03 Å². The van der Waals surface area contributed by atoms with Crippen LogP contribution in [-0.4, -0.2) is 17.6 Å². The Morgan fingerprint density at radius 3 is 2.57 bits per heavy atom. The molecule has 4 heteroatoms. The normalized spacial score (nSPS) is 9.79. The zero-order valence-electron chi connectivity index (χ0n) is 8.23. The molecule has 0 heterocycles. The minimum Gasteiger partial charge on any atom is -0.350 e. The Morgan fingerprint density at radius 1 is 1.43 bits per heavy atom. The molecular weight excluding hydrogens is 178 g/mol. The molecule has 4 nitrogen and oxygen atoms in total. The lowest BCUT2D eigenvalue weighted by molar-refractivity contribution is 0.182. The summed E-state index contributed by atoms with van der Waals surface area (Å²) in [6.07, 6.45) is 0. The van der Waals surface area contributed by atoms with Crippen LogP contribution in [0.3, 0.4) is 0 Å². The van der Waals surface area contributed by atoms with Crippen molar-refractivity contribution in [3.05, 3.63) is 35.9 Å². The molecule has 2 amide bonds. The number of urea groups is 1. The molecule has 0 saturated carbocycles. The minimum atomic E-state index is -0.455. The first-order chi connectivity index (χ1) is 6.74. The zero-order chi connectivity index (χ0) is 10.4. The summed E-state index contributed by atoms with van der Waals surface area (Å²) < 4.78 is 0. The Morgan fingerprint density at radius 2 is 2.07 bits per heavy atom. The van der Waals surface area contributed by atoms with Crippen molar-refractivity contribution in [2.75, 3.05) is 6.54 Å². The van der Waals surface area contributed by atoms with Crippen LogP contribution in [0, 0.1) is 0 Å². The molecular formula is C10H15N3O. The first kappa shape index (κ1) is 10.5. The maximum atomic E-state index is 10.8. The monoisotopic (exact) mass is 193 g/mol. The van der Waals surface area contributed by atoms with E-state index in [1.54, 1.807) is 0 Å². The van der Waals surface area contributed by atoms with Crippen molar-refractivity contribution in [3.8, 4) is 0 Å². The molecule has 0 bridgehead atoms. The average Bonchev–Trinajstić information content (AvgIpc) is 2.20. The number of amides is 2. The second-order valence-electron chi connectivity index (χ2n) is 2.90. The first-order valence-electron chi connectivity index (χ1n) is 4.58. The number of nitrogens with two attached hydrogens (primary N) is 1. The van der Waals surface area contributed by atoms with Crippen LogP contribution in [0.2, 0.25) is 0 Å². The molecule has 0 aliphatic rings. The molecule has 1 rings (SSSR count). The summed E-state index contributed by atoms with van der Waals surface area (Å²) in [6.45, 7) is 3.03. The number of carbonyl (C=O) groups excluding carboxylic acids is 1. The average molecular weight is 193 g/mol. The smallest absolute Gasteiger partial charge is 0.329 e. The van der Waals surface area contributed by atoms with Crippen molar-refractivity contribution in [2.24, 2.45) is 5.73 Å². The summed E-state index contributed by atoms with van der Waals surface area (Å²) in [5.41, 5.74) is 9.20. The summed E-state index contributed by atoms with van der Waals surface area (Å²) in [6, 6.07) is 9.39. The third-order valence-corrected chi connectivity index (χ3v) is 1.90. The quantitative estimate of drug-likeness (QED) is 0.703. The molecule has 0 aromatic heterocycles. The maximum Gasteiger partial charge on any atom is 0.329 e. The van der Waals surface area contributed by atoms with E-state index in [-0.39, 0.29) is 0 Å². The van der Waals surface area contributed by atoms with Crippen LogP contribution in [0.25, 0.3) is 0 Å². The van der Waals surface area contributed by atoms with Crippen LogP contribution in [0.5, 0.6) is 0 Å². The van der Waals surface area contributed by atoms with Gasteiger partial charge in [0.05, 0.1) is 0 Å². The van der Waals surface area contributed by atoms with E-state index in [9.17, 15) is 4.79 Å². The molecule has 1 aromatic carbocycles. The lowest BCUT2D eigenvalue weighted by Gasteiger charge is -2.19. The van der Waals surface area contributed by atoms with Crippen LogP contribution in [0.4, 0.5) is 4.79 Å². The molecule has 0 radical (unpaired) electrons. The fourth-order valence-electron chi connectivity index (χ4n) is 1.13. The predicted octanol–water partition coefficient (Wildman–Crippen LogP) is 1.09. The minimum absolute atomic E-state index is 0.455. The van der Waals surface area contributed by atoms with Gasteiger partial charge in [-0.15, -0.1) is 0 Å². The van der Waals surface area contributed by atoms with Crippen molar-refractivity contribution in [1.82, 2.24) is 10.4 Å². The molecule has 0 fully saturated rings. The third kappa shape index (κ3) is 3.06. The largest absolute Gasteiger partial charge is 0.350 e. The van der Waals surface area contributed by atoms with E-state index in [0.717, 1.165) is 5.56 Å². The molecule has 0 saturated heterocycles. The number of nitrogens with zero attached hydrogens (tertiary/aromatic N) is 1. The molecule has 0 aliphatic carbocycles. The number of hydrogen-bond acceptors (Lipinski definition) is 2. The van der Waals surface area contributed by atoms with Crippen molar-refractivity contribution >= 4 is 6.03 Å². The Bertz CT molecular complexity index is 287. The van der Waals surface area contributed by atoms with Crippen LogP contribution >= 0.6 is 0 Å². The van der Waals surface area contributed by atoms with E-state index >= 15 is 0 Å². The van der Waals surface area contributed by atoms with Crippen LogP contribution in [0.1, 0.15) is 12.5 Å². The summed E-state index contributed by atoms with van der Waals surface area (Å²) in [5.74, 6) is 0. The van der Waals surface area contributed by atoms with Gasteiger partial charge in [0.2, 0.25) is 0 Å². The summed E-state index contributed by atoms with van der Waals surface area (Å²) in [5, 5.41) is 1.38. The maximum absolute atomic E-state index is 10.8. The van der Waals surface area contributed by atoms with E-state index in [4.69, 9.17) is 5.73 Å². The fourth-order valence-corrected chi connectivity index (χ4v) is 1.13. The van der Waals surface area contributed by atoms with Gasteiger partial charge in [-0.05, 0) is 12.5 Å². The molecule has 14 heavy (non-hydrogen) atoms. The van der Waals surface area contributed by atoms with Crippen molar-refractivity contribution in [1.29, 1.82) is 0 Å². The van der Waals surface area contributed by atoms with Gasteiger partial charge < -0.3 is 5.73 Å².